The minimum absolute atomic E-state index is 0.0884. The van der Waals surface area contributed by atoms with Crippen molar-refractivity contribution in [3.05, 3.63) is 58.6 Å². The van der Waals surface area contributed by atoms with Gasteiger partial charge in [0.15, 0.2) is 0 Å². The van der Waals surface area contributed by atoms with Crippen LogP contribution >= 0.6 is 11.6 Å². The lowest BCUT2D eigenvalue weighted by molar-refractivity contribution is 0.231. The molecule has 2 aromatic carbocycles. The van der Waals surface area contributed by atoms with Crippen molar-refractivity contribution < 1.29 is 4.74 Å². The number of nitrogens with one attached hydrogen (secondary N) is 1. The van der Waals surface area contributed by atoms with Gasteiger partial charge in [0.1, 0.15) is 11.9 Å². The van der Waals surface area contributed by atoms with Crippen LogP contribution in [0, 0.1) is 13.8 Å². The molecule has 0 aliphatic heterocycles. The fraction of sp³-hybridized carbons (Fsp3) is 0.294. The zero-order chi connectivity index (χ0) is 14.5. The third-order valence-corrected chi connectivity index (χ3v) is 3.42. The van der Waals surface area contributed by atoms with Crippen molar-refractivity contribution in [3.63, 3.8) is 0 Å². The molecule has 0 aliphatic carbocycles. The number of para-hydroxylation sites is 1. The van der Waals surface area contributed by atoms with Crippen LogP contribution in [-0.4, -0.2) is 12.6 Å². The Kier molecular flexibility index (Phi) is 4.91. The third kappa shape index (κ3) is 3.91. The minimum Gasteiger partial charge on any atom is -0.488 e. The van der Waals surface area contributed by atoms with Gasteiger partial charge < -0.3 is 10.1 Å². The highest BCUT2D eigenvalue weighted by molar-refractivity contribution is 6.30. The number of anilines is 1. The van der Waals surface area contributed by atoms with Crippen molar-refractivity contribution in [1.29, 1.82) is 0 Å². The van der Waals surface area contributed by atoms with Crippen LogP contribution in [0.15, 0.2) is 42.5 Å². The SMILES string of the molecule is Cc1cccc(C)c1OC(C)CNc1ccc(Cl)cc1. The molecule has 2 rings (SSSR count). The number of hydrogen-bond donors (Lipinski definition) is 1. The summed E-state index contributed by atoms with van der Waals surface area (Å²) in [5.74, 6) is 0.984. The van der Waals surface area contributed by atoms with Crippen molar-refractivity contribution in [3.8, 4) is 5.75 Å². The van der Waals surface area contributed by atoms with Gasteiger partial charge in [-0.25, -0.2) is 0 Å². The molecule has 0 bridgehead atoms. The Morgan fingerprint density at radius 2 is 1.65 bits per heavy atom. The molecule has 3 heteroatoms. The van der Waals surface area contributed by atoms with E-state index in [1.165, 1.54) is 11.1 Å². The molecule has 0 saturated carbocycles. The highest BCUT2D eigenvalue weighted by Crippen LogP contribution is 2.23. The van der Waals surface area contributed by atoms with Gasteiger partial charge in [0.25, 0.3) is 0 Å². The second kappa shape index (κ2) is 6.67. The van der Waals surface area contributed by atoms with Gasteiger partial charge in [0.05, 0.1) is 6.54 Å². The number of rotatable bonds is 5. The highest BCUT2D eigenvalue weighted by atomic mass is 35.5. The van der Waals surface area contributed by atoms with E-state index in [1.807, 2.05) is 30.3 Å². The van der Waals surface area contributed by atoms with E-state index in [4.69, 9.17) is 16.3 Å². The largest absolute Gasteiger partial charge is 0.488 e. The second-order valence-corrected chi connectivity index (χ2v) is 5.47. The van der Waals surface area contributed by atoms with E-state index in [0.29, 0.717) is 0 Å². The minimum atomic E-state index is 0.0884. The Labute approximate surface area is 125 Å². The number of benzene rings is 2. The molecule has 0 radical (unpaired) electrons. The van der Waals surface area contributed by atoms with Gasteiger partial charge in [0.2, 0.25) is 0 Å². The quantitative estimate of drug-likeness (QED) is 0.851. The molecule has 0 aliphatic rings. The van der Waals surface area contributed by atoms with Crippen LogP contribution in [-0.2, 0) is 0 Å². The van der Waals surface area contributed by atoms with Crippen molar-refractivity contribution in [1.82, 2.24) is 0 Å². The van der Waals surface area contributed by atoms with Gasteiger partial charge in [-0.3, -0.25) is 0 Å². The molecule has 1 atom stereocenters. The van der Waals surface area contributed by atoms with Crippen molar-refractivity contribution in [2.45, 2.75) is 26.9 Å². The summed E-state index contributed by atoms with van der Waals surface area (Å²) in [7, 11) is 0. The summed E-state index contributed by atoms with van der Waals surface area (Å²) in [4.78, 5) is 0. The Morgan fingerprint density at radius 1 is 1.05 bits per heavy atom. The molecule has 2 nitrogen and oxygen atoms in total. The van der Waals surface area contributed by atoms with Crippen LogP contribution in [0.4, 0.5) is 5.69 Å². The van der Waals surface area contributed by atoms with E-state index in [1.54, 1.807) is 0 Å². The fourth-order valence-electron chi connectivity index (χ4n) is 2.06. The summed E-state index contributed by atoms with van der Waals surface area (Å²) in [5, 5.41) is 4.09. The standard InChI is InChI=1S/C17H20ClNO/c1-12-5-4-6-13(2)17(12)20-14(3)11-19-16-9-7-15(18)8-10-16/h4-10,14,19H,11H2,1-3H3. The summed E-state index contributed by atoms with van der Waals surface area (Å²) in [5.41, 5.74) is 3.39. The van der Waals surface area contributed by atoms with E-state index >= 15 is 0 Å². The van der Waals surface area contributed by atoms with Crippen LogP contribution in [0.25, 0.3) is 0 Å². The maximum atomic E-state index is 6.03. The predicted octanol–water partition coefficient (Wildman–Crippen LogP) is 4.84. The zero-order valence-corrected chi connectivity index (χ0v) is 12.9. The summed E-state index contributed by atoms with van der Waals surface area (Å²) in [6, 6.07) is 13.9. The molecular formula is C17H20ClNO. The molecule has 2 aromatic rings. The lowest BCUT2D eigenvalue weighted by Gasteiger charge is -2.19. The molecular weight excluding hydrogens is 270 g/mol. The van der Waals surface area contributed by atoms with E-state index in [9.17, 15) is 0 Å². The number of ether oxygens (including phenoxy) is 1. The summed E-state index contributed by atoms with van der Waals surface area (Å²) >= 11 is 5.86. The van der Waals surface area contributed by atoms with Crippen LogP contribution in [0.3, 0.4) is 0 Å². The van der Waals surface area contributed by atoms with Gasteiger partial charge in [0, 0.05) is 10.7 Å². The fourth-order valence-corrected chi connectivity index (χ4v) is 2.18. The summed E-state index contributed by atoms with van der Waals surface area (Å²) in [6.45, 7) is 6.95. The number of aryl methyl sites for hydroxylation is 2. The molecule has 0 spiro atoms. The topological polar surface area (TPSA) is 21.3 Å². The maximum Gasteiger partial charge on any atom is 0.125 e. The first kappa shape index (κ1) is 14.7. The van der Waals surface area contributed by atoms with Crippen molar-refractivity contribution in [2.75, 3.05) is 11.9 Å². The van der Waals surface area contributed by atoms with Crippen LogP contribution in [0.5, 0.6) is 5.75 Å². The Balaban J connectivity index is 1.92. The normalized spacial score (nSPS) is 12.0. The van der Waals surface area contributed by atoms with Crippen molar-refractivity contribution in [2.24, 2.45) is 0 Å². The van der Waals surface area contributed by atoms with Gasteiger partial charge in [-0.1, -0.05) is 29.8 Å². The first-order valence-electron chi connectivity index (χ1n) is 6.78. The molecule has 0 aromatic heterocycles. The van der Waals surface area contributed by atoms with Gasteiger partial charge in [-0.15, -0.1) is 0 Å². The van der Waals surface area contributed by atoms with E-state index in [-0.39, 0.29) is 6.10 Å². The molecule has 106 valence electrons. The Hall–Kier alpha value is -1.67. The molecule has 1 unspecified atom stereocenters. The van der Waals surface area contributed by atoms with E-state index < -0.39 is 0 Å². The summed E-state index contributed by atoms with van der Waals surface area (Å²) in [6.07, 6.45) is 0.0884. The molecule has 0 amide bonds. The molecule has 0 fully saturated rings. The lowest BCUT2D eigenvalue weighted by atomic mass is 10.1. The number of halogens is 1. The van der Waals surface area contributed by atoms with E-state index in [0.717, 1.165) is 23.0 Å². The molecule has 1 N–H and O–H groups in total. The third-order valence-electron chi connectivity index (χ3n) is 3.17. The molecule has 20 heavy (non-hydrogen) atoms. The summed E-state index contributed by atoms with van der Waals surface area (Å²) < 4.78 is 6.03. The zero-order valence-electron chi connectivity index (χ0n) is 12.1. The van der Waals surface area contributed by atoms with Gasteiger partial charge in [-0.05, 0) is 56.2 Å². The average molecular weight is 290 g/mol. The second-order valence-electron chi connectivity index (χ2n) is 5.04. The Bertz CT molecular complexity index is 545. The molecule has 0 saturated heterocycles. The average Bonchev–Trinajstić information content (AvgIpc) is 2.42. The maximum absolute atomic E-state index is 6.03. The first-order chi connectivity index (χ1) is 9.56. The van der Waals surface area contributed by atoms with Gasteiger partial charge in [-0.2, -0.15) is 0 Å². The van der Waals surface area contributed by atoms with Crippen LogP contribution in [0.1, 0.15) is 18.1 Å². The highest BCUT2D eigenvalue weighted by Gasteiger charge is 2.08. The lowest BCUT2D eigenvalue weighted by Crippen LogP contribution is -2.23. The van der Waals surface area contributed by atoms with Crippen LogP contribution < -0.4 is 10.1 Å². The van der Waals surface area contributed by atoms with Crippen molar-refractivity contribution >= 4 is 17.3 Å². The molecule has 0 heterocycles. The number of hydrogen-bond acceptors (Lipinski definition) is 2. The first-order valence-corrected chi connectivity index (χ1v) is 7.16. The van der Waals surface area contributed by atoms with Gasteiger partial charge >= 0.3 is 0 Å². The monoisotopic (exact) mass is 289 g/mol. The smallest absolute Gasteiger partial charge is 0.125 e. The van der Waals surface area contributed by atoms with E-state index in [2.05, 4.69) is 38.2 Å². The Morgan fingerprint density at radius 3 is 2.25 bits per heavy atom. The van der Waals surface area contributed by atoms with Crippen LogP contribution in [0.2, 0.25) is 5.02 Å². The predicted molar refractivity (Wildman–Crippen MR) is 85.9 cm³/mol.